The van der Waals surface area contributed by atoms with Crippen molar-refractivity contribution in [2.75, 3.05) is 11.9 Å². The highest BCUT2D eigenvalue weighted by Gasteiger charge is 2.42. The van der Waals surface area contributed by atoms with Gasteiger partial charge in [0.1, 0.15) is 0 Å². The second-order valence-electron chi connectivity index (χ2n) is 5.58. The lowest BCUT2D eigenvalue weighted by atomic mass is 9.88. The predicted molar refractivity (Wildman–Crippen MR) is 76.5 cm³/mol. The molecule has 0 spiro atoms. The van der Waals surface area contributed by atoms with E-state index in [1.54, 1.807) is 12.1 Å². The van der Waals surface area contributed by atoms with E-state index in [2.05, 4.69) is 15.9 Å². The molecule has 1 aromatic rings. The molecule has 19 heavy (non-hydrogen) atoms. The van der Waals surface area contributed by atoms with E-state index in [0.717, 1.165) is 18.2 Å². The first-order valence-corrected chi connectivity index (χ1v) is 7.80. The number of halogens is 1. The fourth-order valence-corrected chi connectivity index (χ4v) is 3.92. The van der Waals surface area contributed by atoms with Crippen LogP contribution in [0.2, 0.25) is 0 Å². The summed E-state index contributed by atoms with van der Waals surface area (Å²) >= 11 is 3.57. The highest BCUT2D eigenvalue weighted by atomic mass is 79.9. The van der Waals surface area contributed by atoms with Crippen LogP contribution in [0.4, 0.5) is 0 Å². The zero-order valence-corrected chi connectivity index (χ0v) is 12.3. The molecule has 1 aliphatic carbocycles. The van der Waals surface area contributed by atoms with Gasteiger partial charge in [-0.05, 0) is 30.4 Å². The van der Waals surface area contributed by atoms with Crippen molar-refractivity contribution in [3.05, 3.63) is 35.4 Å². The number of nitrogens with zero attached hydrogens (tertiary/aromatic N) is 1. The van der Waals surface area contributed by atoms with Crippen molar-refractivity contribution >= 4 is 27.7 Å². The SMILES string of the molecule is O=C1c2ccccc2C(=O)N1CC1(CBr)CCCC1. The van der Waals surface area contributed by atoms with Crippen LogP contribution in [0.5, 0.6) is 0 Å². The lowest BCUT2D eigenvalue weighted by molar-refractivity contribution is 0.0587. The largest absolute Gasteiger partial charge is 0.274 e. The molecule has 0 saturated heterocycles. The lowest BCUT2D eigenvalue weighted by Gasteiger charge is -2.30. The minimum atomic E-state index is -0.132. The standard InChI is InChI=1S/C15H16BrNO2/c16-9-15(7-3-4-8-15)10-17-13(18)11-5-1-2-6-12(11)14(17)19/h1-2,5-6H,3-4,7-10H2. The van der Waals surface area contributed by atoms with E-state index in [4.69, 9.17) is 0 Å². The van der Waals surface area contributed by atoms with Crippen LogP contribution in [0.1, 0.15) is 46.4 Å². The molecule has 0 radical (unpaired) electrons. The molecule has 100 valence electrons. The maximum Gasteiger partial charge on any atom is 0.261 e. The van der Waals surface area contributed by atoms with E-state index in [1.807, 2.05) is 12.1 Å². The molecule has 1 heterocycles. The fourth-order valence-electron chi connectivity index (χ4n) is 3.18. The van der Waals surface area contributed by atoms with Gasteiger partial charge in [-0.2, -0.15) is 0 Å². The number of imide groups is 1. The molecule has 4 heteroatoms. The van der Waals surface area contributed by atoms with Crippen molar-refractivity contribution < 1.29 is 9.59 Å². The molecule has 2 aliphatic rings. The monoisotopic (exact) mass is 321 g/mol. The molecular formula is C15H16BrNO2. The minimum Gasteiger partial charge on any atom is -0.274 e. The first-order chi connectivity index (χ1) is 9.17. The zero-order valence-electron chi connectivity index (χ0n) is 10.7. The van der Waals surface area contributed by atoms with Crippen molar-refractivity contribution in [1.82, 2.24) is 4.90 Å². The van der Waals surface area contributed by atoms with Crippen molar-refractivity contribution in [2.24, 2.45) is 5.41 Å². The van der Waals surface area contributed by atoms with Gasteiger partial charge in [0, 0.05) is 11.9 Å². The zero-order chi connectivity index (χ0) is 13.5. The van der Waals surface area contributed by atoms with Crippen LogP contribution in [0.15, 0.2) is 24.3 Å². The maximum absolute atomic E-state index is 12.3. The van der Waals surface area contributed by atoms with E-state index in [0.29, 0.717) is 17.7 Å². The Morgan fingerprint density at radius 1 is 1.05 bits per heavy atom. The molecule has 2 amide bonds. The average Bonchev–Trinajstić information content (AvgIpc) is 3.00. The van der Waals surface area contributed by atoms with E-state index in [1.165, 1.54) is 17.7 Å². The number of hydrogen-bond donors (Lipinski definition) is 0. The highest BCUT2D eigenvalue weighted by Crippen LogP contribution is 2.41. The summed E-state index contributed by atoms with van der Waals surface area (Å²) in [4.78, 5) is 26.1. The molecular weight excluding hydrogens is 306 g/mol. The van der Waals surface area contributed by atoms with E-state index >= 15 is 0 Å². The summed E-state index contributed by atoms with van der Waals surface area (Å²) in [5, 5.41) is 0.855. The second-order valence-corrected chi connectivity index (χ2v) is 6.14. The van der Waals surface area contributed by atoms with Crippen molar-refractivity contribution in [2.45, 2.75) is 25.7 Å². The van der Waals surface area contributed by atoms with Crippen LogP contribution >= 0.6 is 15.9 Å². The number of carbonyl (C=O) groups is 2. The molecule has 0 atom stereocenters. The second kappa shape index (κ2) is 4.75. The molecule has 3 rings (SSSR count). The average molecular weight is 322 g/mol. The molecule has 1 aliphatic heterocycles. The van der Waals surface area contributed by atoms with Gasteiger partial charge in [-0.3, -0.25) is 14.5 Å². The van der Waals surface area contributed by atoms with Gasteiger partial charge in [0.15, 0.2) is 0 Å². The molecule has 0 unspecified atom stereocenters. The Morgan fingerprint density at radius 2 is 1.58 bits per heavy atom. The van der Waals surface area contributed by atoms with Gasteiger partial charge in [0.25, 0.3) is 11.8 Å². The summed E-state index contributed by atoms with van der Waals surface area (Å²) in [7, 11) is 0. The maximum atomic E-state index is 12.3. The minimum absolute atomic E-state index is 0.0767. The Kier molecular flexibility index (Phi) is 3.21. The van der Waals surface area contributed by atoms with Gasteiger partial charge >= 0.3 is 0 Å². The van der Waals surface area contributed by atoms with Gasteiger partial charge in [-0.25, -0.2) is 0 Å². The lowest BCUT2D eigenvalue weighted by Crippen LogP contribution is -2.40. The quantitative estimate of drug-likeness (QED) is 0.633. The molecule has 0 bridgehead atoms. The van der Waals surface area contributed by atoms with E-state index < -0.39 is 0 Å². The number of amides is 2. The number of benzene rings is 1. The smallest absolute Gasteiger partial charge is 0.261 e. The molecule has 1 saturated carbocycles. The summed E-state index contributed by atoms with van der Waals surface area (Å²) in [6.07, 6.45) is 4.56. The Balaban J connectivity index is 1.88. The predicted octanol–water partition coefficient (Wildman–Crippen LogP) is 3.24. The number of hydrogen-bond acceptors (Lipinski definition) is 2. The Morgan fingerprint density at radius 3 is 2.05 bits per heavy atom. The first-order valence-electron chi connectivity index (χ1n) is 6.68. The van der Waals surface area contributed by atoms with Crippen molar-refractivity contribution in [1.29, 1.82) is 0 Å². The fraction of sp³-hybridized carbons (Fsp3) is 0.467. The van der Waals surface area contributed by atoms with Gasteiger partial charge in [0.05, 0.1) is 11.1 Å². The third-order valence-electron chi connectivity index (χ3n) is 4.32. The Labute approximate surface area is 121 Å². The number of fused-ring (bicyclic) bond motifs is 1. The third kappa shape index (κ3) is 2.02. The normalized spacial score (nSPS) is 21.0. The molecule has 0 aromatic heterocycles. The van der Waals surface area contributed by atoms with E-state index in [9.17, 15) is 9.59 Å². The van der Waals surface area contributed by atoms with Crippen LogP contribution in [0, 0.1) is 5.41 Å². The highest BCUT2D eigenvalue weighted by molar-refractivity contribution is 9.09. The van der Waals surface area contributed by atoms with Gasteiger partial charge in [-0.1, -0.05) is 40.9 Å². The molecule has 1 aromatic carbocycles. The van der Waals surface area contributed by atoms with Crippen LogP contribution in [0.25, 0.3) is 0 Å². The third-order valence-corrected chi connectivity index (χ3v) is 5.51. The Hall–Kier alpha value is -1.16. The van der Waals surface area contributed by atoms with E-state index in [-0.39, 0.29) is 17.2 Å². The summed E-state index contributed by atoms with van der Waals surface area (Å²) < 4.78 is 0. The Bertz CT molecular complexity index is 500. The van der Waals surface area contributed by atoms with Crippen molar-refractivity contribution in [3.8, 4) is 0 Å². The van der Waals surface area contributed by atoms with Crippen LogP contribution < -0.4 is 0 Å². The van der Waals surface area contributed by atoms with Crippen LogP contribution in [-0.2, 0) is 0 Å². The molecule has 0 N–H and O–H groups in total. The topological polar surface area (TPSA) is 37.4 Å². The van der Waals surface area contributed by atoms with Crippen LogP contribution in [-0.4, -0.2) is 28.6 Å². The van der Waals surface area contributed by atoms with Gasteiger partial charge in [-0.15, -0.1) is 0 Å². The van der Waals surface area contributed by atoms with Gasteiger partial charge < -0.3 is 0 Å². The number of carbonyl (C=O) groups excluding carboxylic acids is 2. The summed E-state index contributed by atoms with van der Waals surface area (Å²) in [5.41, 5.74) is 1.18. The number of rotatable bonds is 3. The van der Waals surface area contributed by atoms with Crippen molar-refractivity contribution in [3.63, 3.8) is 0 Å². The summed E-state index contributed by atoms with van der Waals surface area (Å²) in [6.45, 7) is 0.546. The summed E-state index contributed by atoms with van der Waals surface area (Å²) in [5.74, 6) is -0.263. The summed E-state index contributed by atoms with van der Waals surface area (Å²) in [6, 6.07) is 7.10. The molecule has 1 fully saturated rings. The van der Waals surface area contributed by atoms with Crippen LogP contribution in [0.3, 0.4) is 0 Å². The molecule has 3 nitrogen and oxygen atoms in total. The first kappa shape index (κ1) is 12.9. The number of alkyl halides is 1. The van der Waals surface area contributed by atoms with Gasteiger partial charge in [0.2, 0.25) is 0 Å².